The van der Waals surface area contributed by atoms with Gasteiger partial charge in [0, 0.05) is 18.0 Å². The van der Waals surface area contributed by atoms with Crippen molar-refractivity contribution in [3.63, 3.8) is 0 Å². The van der Waals surface area contributed by atoms with Gasteiger partial charge < -0.3 is 5.32 Å². The van der Waals surface area contributed by atoms with Crippen molar-refractivity contribution in [1.82, 2.24) is 5.32 Å². The monoisotopic (exact) mass is 219 g/mol. The number of unbranched alkanes of at least 4 members (excludes halogenated alkanes) is 2. The Balaban J connectivity index is 2.33. The standard InChI is InChI=1S/C14H18FN/c1-3-4-5-8-11-16-12(2)13-9-6-7-10-14(13)15/h1,6-7,9-10,12,16H,4-5,8,11H2,2H3. The second kappa shape index (κ2) is 7.03. The summed E-state index contributed by atoms with van der Waals surface area (Å²) in [5.41, 5.74) is 0.722. The Morgan fingerprint density at radius 2 is 2.12 bits per heavy atom. The smallest absolute Gasteiger partial charge is 0.127 e. The fraction of sp³-hybridized carbons (Fsp3) is 0.429. The van der Waals surface area contributed by atoms with E-state index in [2.05, 4.69) is 11.2 Å². The third-order valence-electron chi connectivity index (χ3n) is 2.57. The summed E-state index contributed by atoms with van der Waals surface area (Å²) in [7, 11) is 0. The highest BCUT2D eigenvalue weighted by Crippen LogP contribution is 2.15. The lowest BCUT2D eigenvalue weighted by molar-refractivity contribution is 0.516. The summed E-state index contributed by atoms with van der Waals surface area (Å²) in [6.07, 6.45) is 8.03. The molecular weight excluding hydrogens is 201 g/mol. The average molecular weight is 219 g/mol. The molecule has 1 unspecified atom stereocenters. The molecule has 0 aliphatic carbocycles. The van der Waals surface area contributed by atoms with Crippen LogP contribution in [0.15, 0.2) is 24.3 Å². The molecule has 1 aromatic carbocycles. The summed E-state index contributed by atoms with van der Waals surface area (Å²) >= 11 is 0. The molecule has 0 aliphatic heterocycles. The van der Waals surface area contributed by atoms with Crippen LogP contribution in [0.4, 0.5) is 4.39 Å². The number of hydrogen-bond donors (Lipinski definition) is 1. The number of halogens is 1. The maximum atomic E-state index is 13.4. The molecule has 1 atom stereocenters. The van der Waals surface area contributed by atoms with Gasteiger partial charge in [-0.05, 0) is 32.4 Å². The molecule has 1 N–H and O–H groups in total. The lowest BCUT2D eigenvalue weighted by Gasteiger charge is -2.14. The number of hydrogen-bond acceptors (Lipinski definition) is 1. The van der Waals surface area contributed by atoms with Gasteiger partial charge in [-0.15, -0.1) is 12.3 Å². The van der Waals surface area contributed by atoms with Gasteiger partial charge in [-0.25, -0.2) is 4.39 Å². The van der Waals surface area contributed by atoms with Gasteiger partial charge in [-0.2, -0.15) is 0 Å². The van der Waals surface area contributed by atoms with Crippen molar-refractivity contribution in [3.8, 4) is 12.3 Å². The van der Waals surface area contributed by atoms with Gasteiger partial charge in [0.25, 0.3) is 0 Å². The Hall–Kier alpha value is -1.33. The summed E-state index contributed by atoms with van der Waals surface area (Å²) in [6.45, 7) is 2.84. The predicted molar refractivity (Wildman–Crippen MR) is 65.5 cm³/mol. The largest absolute Gasteiger partial charge is 0.310 e. The SMILES string of the molecule is C#CCCCCNC(C)c1ccccc1F. The predicted octanol–water partition coefficient (Wildman–Crippen LogP) is 3.28. The van der Waals surface area contributed by atoms with E-state index in [-0.39, 0.29) is 11.9 Å². The highest BCUT2D eigenvalue weighted by Gasteiger charge is 2.08. The maximum Gasteiger partial charge on any atom is 0.127 e. The van der Waals surface area contributed by atoms with Crippen molar-refractivity contribution in [1.29, 1.82) is 0 Å². The van der Waals surface area contributed by atoms with Gasteiger partial charge in [-0.3, -0.25) is 0 Å². The van der Waals surface area contributed by atoms with Crippen LogP contribution in [0.25, 0.3) is 0 Å². The molecule has 2 heteroatoms. The molecule has 1 rings (SSSR count). The number of terminal acetylenes is 1. The summed E-state index contributed by atoms with van der Waals surface area (Å²) in [6, 6.07) is 6.92. The Kier molecular flexibility index (Phi) is 5.60. The minimum Gasteiger partial charge on any atom is -0.310 e. The highest BCUT2D eigenvalue weighted by atomic mass is 19.1. The molecule has 0 spiro atoms. The van der Waals surface area contributed by atoms with Crippen LogP contribution in [0.3, 0.4) is 0 Å². The van der Waals surface area contributed by atoms with Crippen molar-refractivity contribution in [2.24, 2.45) is 0 Å². The van der Waals surface area contributed by atoms with Crippen LogP contribution in [-0.2, 0) is 0 Å². The van der Waals surface area contributed by atoms with Gasteiger partial charge in [0.05, 0.1) is 0 Å². The molecule has 0 aliphatic rings. The molecule has 1 nitrogen and oxygen atoms in total. The van der Waals surface area contributed by atoms with E-state index in [1.54, 1.807) is 6.07 Å². The molecule has 0 aromatic heterocycles. The van der Waals surface area contributed by atoms with Gasteiger partial charge in [-0.1, -0.05) is 18.2 Å². The molecule has 0 bridgehead atoms. The Labute approximate surface area is 97.1 Å². The first-order valence-electron chi connectivity index (χ1n) is 5.67. The third-order valence-corrected chi connectivity index (χ3v) is 2.57. The first kappa shape index (κ1) is 12.7. The van der Waals surface area contributed by atoms with E-state index >= 15 is 0 Å². The van der Waals surface area contributed by atoms with Crippen LogP contribution >= 0.6 is 0 Å². The lowest BCUT2D eigenvalue weighted by atomic mass is 10.1. The summed E-state index contributed by atoms with van der Waals surface area (Å²) in [5.74, 6) is 2.46. The average Bonchev–Trinajstić information content (AvgIpc) is 2.29. The Morgan fingerprint density at radius 3 is 2.81 bits per heavy atom. The maximum absolute atomic E-state index is 13.4. The van der Waals surface area contributed by atoms with E-state index in [9.17, 15) is 4.39 Å². The summed E-state index contributed by atoms with van der Waals surface area (Å²) in [5, 5.41) is 3.29. The Bertz CT molecular complexity index is 354. The fourth-order valence-electron chi connectivity index (χ4n) is 1.61. The zero-order valence-electron chi connectivity index (χ0n) is 9.67. The second-order valence-corrected chi connectivity index (χ2v) is 3.86. The van der Waals surface area contributed by atoms with E-state index < -0.39 is 0 Å². The van der Waals surface area contributed by atoms with Crippen molar-refractivity contribution in [2.45, 2.75) is 32.2 Å². The van der Waals surface area contributed by atoms with E-state index in [0.717, 1.165) is 31.4 Å². The number of benzene rings is 1. The molecule has 0 saturated carbocycles. The fourth-order valence-corrected chi connectivity index (χ4v) is 1.61. The van der Waals surface area contributed by atoms with E-state index in [0.29, 0.717) is 0 Å². The van der Waals surface area contributed by atoms with Crippen LogP contribution in [0.5, 0.6) is 0 Å². The first-order chi connectivity index (χ1) is 7.75. The van der Waals surface area contributed by atoms with E-state index in [1.807, 2.05) is 19.1 Å². The number of rotatable bonds is 6. The van der Waals surface area contributed by atoms with Crippen LogP contribution in [0.1, 0.15) is 37.8 Å². The molecular formula is C14H18FN. The minimum absolute atomic E-state index is 0.0482. The molecule has 1 aromatic rings. The van der Waals surface area contributed by atoms with Gasteiger partial charge in [0.1, 0.15) is 5.82 Å². The molecule has 16 heavy (non-hydrogen) atoms. The zero-order valence-corrected chi connectivity index (χ0v) is 9.67. The topological polar surface area (TPSA) is 12.0 Å². The molecule has 86 valence electrons. The van der Waals surface area contributed by atoms with Gasteiger partial charge >= 0.3 is 0 Å². The molecule has 0 fully saturated rings. The molecule has 0 amide bonds. The quantitative estimate of drug-likeness (QED) is 0.572. The van der Waals surface area contributed by atoms with Crippen molar-refractivity contribution in [2.75, 3.05) is 6.54 Å². The van der Waals surface area contributed by atoms with Crippen molar-refractivity contribution >= 4 is 0 Å². The zero-order chi connectivity index (χ0) is 11.8. The summed E-state index contributed by atoms with van der Waals surface area (Å²) in [4.78, 5) is 0. The minimum atomic E-state index is -0.147. The van der Waals surface area contributed by atoms with Crippen LogP contribution in [0, 0.1) is 18.2 Å². The lowest BCUT2D eigenvalue weighted by Crippen LogP contribution is -2.20. The van der Waals surface area contributed by atoms with Crippen LogP contribution < -0.4 is 5.32 Å². The van der Waals surface area contributed by atoms with Gasteiger partial charge in [0.15, 0.2) is 0 Å². The molecule has 0 radical (unpaired) electrons. The highest BCUT2D eigenvalue weighted by molar-refractivity contribution is 5.20. The van der Waals surface area contributed by atoms with Crippen LogP contribution in [-0.4, -0.2) is 6.54 Å². The summed E-state index contributed by atoms with van der Waals surface area (Å²) < 4.78 is 13.4. The Morgan fingerprint density at radius 1 is 1.38 bits per heavy atom. The third kappa shape index (κ3) is 4.04. The molecule has 0 heterocycles. The van der Waals surface area contributed by atoms with Crippen LogP contribution in [0.2, 0.25) is 0 Å². The number of nitrogens with one attached hydrogen (secondary N) is 1. The van der Waals surface area contributed by atoms with E-state index in [1.165, 1.54) is 6.07 Å². The second-order valence-electron chi connectivity index (χ2n) is 3.86. The normalized spacial score (nSPS) is 12.1. The van der Waals surface area contributed by atoms with Crippen molar-refractivity contribution in [3.05, 3.63) is 35.6 Å². The van der Waals surface area contributed by atoms with Gasteiger partial charge in [0.2, 0.25) is 0 Å². The molecule has 0 saturated heterocycles. The van der Waals surface area contributed by atoms with Crippen molar-refractivity contribution < 1.29 is 4.39 Å². The first-order valence-corrected chi connectivity index (χ1v) is 5.67. The van der Waals surface area contributed by atoms with E-state index in [4.69, 9.17) is 6.42 Å².